The molecule has 4 nitrogen and oxygen atoms in total. The van der Waals surface area contributed by atoms with E-state index in [0.29, 0.717) is 11.7 Å². The van der Waals surface area contributed by atoms with Crippen molar-refractivity contribution in [3.63, 3.8) is 0 Å². The van der Waals surface area contributed by atoms with Crippen LogP contribution >= 0.6 is 11.6 Å². The normalized spacial score (nSPS) is 18.8. The summed E-state index contributed by atoms with van der Waals surface area (Å²) in [6.45, 7) is 7.71. The second-order valence-electron chi connectivity index (χ2n) is 4.70. The van der Waals surface area contributed by atoms with Gasteiger partial charge in [0.25, 0.3) is 0 Å². The zero-order chi connectivity index (χ0) is 14.0. The van der Waals surface area contributed by atoms with Crippen LogP contribution in [0.3, 0.4) is 0 Å². The molecule has 0 amide bonds. The fourth-order valence-corrected chi connectivity index (χ4v) is 2.53. The molecule has 1 aromatic heterocycles. The summed E-state index contributed by atoms with van der Waals surface area (Å²) >= 11 is 6.06. The van der Waals surface area contributed by atoms with Crippen molar-refractivity contribution in [1.82, 2.24) is 9.88 Å². The van der Waals surface area contributed by atoms with E-state index in [0.717, 1.165) is 29.9 Å². The van der Waals surface area contributed by atoms with Crippen molar-refractivity contribution in [2.24, 2.45) is 0 Å². The Balaban J connectivity index is 2.43. The lowest BCUT2D eigenvalue weighted by atomic mass is 9.94. The number of aryl methyl sites for hydroxylation is 1. The van der Waals surface area contributed by atoms with Gasteiger partial charge >= 0.3 is 5.97 Å². The van der Waals surface area contributed by atoms with Crippen molar-refractivity contribution in [1.29, 1.82) is 0 Å². The third-order valence-electron chi connectivity index (χ3n) is 3.30. The molecule has 0 fully saturated rings. The lowest BCUT2D eigenvalue weighted by Gasteiger charge is -2.32. The zero-order valence-electron chi connectivity index (χ0n) is 11.1. The van der Waals surface area contributed by atoms with E-state index < -0.39 is 0 Å². The standard InChI is InChI=1S/C14H17ClN2O2/c1-4-5-17-7-10-6-9(2)13(15)16-12(10)11(8-17)14(18)19-3/h4,6,11H,1,5,7-8H2,2-3H3. The molecule has 0 spiro atoms. The first-order chi connectivity index (χ1) is 9.06. The number of ether oxygens (including phenoxy) is 1. The first-order valence-corrected chi connectivity index (χ1v) is 6.51. The zero-order valence-corrected chi connectivity index (χ0v) is 11.9. The molecule has 19 heavy (non-hydrogen) atoms. The topological polar surface area (TPSA) is 42.4 Å². The van der Waals surface area contributed by atoms with Gasteiger partial charge in [-0.05, 0) is 24.1 Å². The van der Waals surface area contributed by atoms with E-state index in [1.165, 1.54) is 7.11 Å². The number of hydrogen-bond acceptors (Lipinski definition) is 4. The predicted molar refractivity (Wildman–Crippen MR) is 74.2 cm³/mol. The second-order valence-corrected chi connectivity index (χ2v) is 5.06. The van der Waals surface area contributed by atoms with Gasteiger partial charge in [0.1, 0.15) is 11.1 Å². The number of fused-ring (bicyclic) bond motifs is 1. The first kappa shape index (κ1) is 14.0. The Morgan fingerprint density at radius 1 is 1.74 bits per heavy atom. The number of halogens is 1. The van der Waals surface area contributed by atoms with Crippen LogP contribution in [-0.4, -0.2) is 36.1 Å². The number of aromatic nitrogens is 1. The highest BCUT2D eigenvalue weighted by Crippen LogP contribution is 2.30. The number of carbonyl (C=O) groups excluding carboxylic acids is 1. The van der Waals surface area contributed by atoms with Crippen LogP contribution in [0.25, 0.3) is 0 Å². The Morgan fingerprint density at radius 3 is 3.11 bits per heavy atom. The SMILES string of the molecule is C=CCN1Cc2cc(C)c(Cl)nc2C(C(=O)OC)C1. The van der Waals surface area contributed by atoms with Gasteiger partial charge in [-0.1, -0.05) is 17.7 Å². The van der Waals surface area contributed by atoms with Gasteiger partial charge in [-0.25, -0.2) is 4.98 Å². The number of rotatable bonds is 3. The van der Waals surface area contributed by atoms with E-state index in [4.69, 9.17) is 16.3 Å². The minimum absolute atomic E-state index is 0.276. The quantitative estimate of drug-likeness (QED) is 0.484. The molecule has 0 aliphatic carbocycles. The molecular formula is C14H17ClN2O2. The molecule has 0 saturated carbocycles. The van der Waals surface area contributed by atoms with Crippen LogP contribution in [0.15, 0.2) is 18.7 Å². The van der Waals surface area contributed by atoms with E-state index in [-0.39, 0.29) is 11.9 Å². The van der Waals surface area contributed by atoms with Crippen LogP contribution in [0, 0.1) is 6.92 Å². The number of nitrogens with zero attached hydrogens (tertiary/aromatic N) is 2. The lowest BCUT2D eigenvalue weighted by molar-refractivity contribution is -0.143. The summed E-state index contributed by atoms with van der Waals surface area (Å²) in [6, 6.07) is 2.00. The molecule has 1 aromatic rings. The van der Waals surface area contributed by atoms with Crippen LogP contribution in [0.4, 0.5) is 0 Å². The van der Waals surface area contributed by atoms with Crippen molar-refractivity contribution in [3.8, 4) is 0 Å². The number of methoxy groups -OCH3 is 1. The molecule has 0 N–H and O–H groups in total. The van der Waals surface area contributed by atoms with E-state index in [1.54, 1.807) is 0 Å². The van der Waals surface area contributed by atoms with Crippen molar-refractivity contribution in [2.45, 2.75) is 19.4 Å². The first-order valence-electron chi connectivity index (χ1n) is 6.13. The second kappa shape index (κ2) is 5.72. The minimum Gasteiger partial charge on any atom is -0.468 e. The molecule has 5 heteroatoms. The smallest absolute Gasteiger partial charge is 0.316 e. The fourth-order valence-electron chi connectivity index (χ4n) is 2.39. The van der Waals surface area contributed by atoms with E-state index in [1.807, 2.05) is 19.1 Å². The average Bonchev–Trinajstić information content (AvgIpc) is 2.39. The molecule has 1 unspecified atom stereocenters. The van der Waals surface area contributed by atoms with E-state index >= 15 is 0 Å². The number of esters is 1. The average molecular weight is 281 g/mol. The van der Waals surface area contributed by atoms with Gasteiger partial charge in [0.05, 0.1) is 12.8 Å². The maximum absolute atomic E-state index is 11.9. The summed E-state index contributed by atoms with van der Waals surface area (Å²) in [7, 11) is 1.39. The molecule has 1 atom stereocenters. The van der Waals surface area contributed by atoms with E-state index in [2.05, 4.69) is 16.5 Å². The molecule has 1 aliphatic heterocycles. The van der Waals surface area contributed by atoms with Gasteiger partial charge in [0.15, 0.2) is 0 Å². The van der Waals surface area contributed by atoms with Crippen molar-refractivity contribution < 1.29 is 9.53 Å². The third-order valence-corrected chi connectivity index (χ3v) is 3.68. The Morgan fingerprint density at radius 2 is 2.47 bits per heavy atom. The van der Waals surface area contributed by atoms with Crippen molar-refractivity contribution in [3.05, 3.63) is 40.7 Å². The number of pyridine rings is 1. The molecular weight excluding hydrogens is 264 g/mol. The number of carbonyl (C=O) groups is 1. The molecule has 1 aliphatic rings. The maximum atomic E-state index is 11.9. The van der Waals surface area contributed by atoms with Crippen molar-refractivity contribution >= 4 is 17.6 Å². The van der Waals surface area contributed by atoms with Gasteiger partial charge < -0.3 is 4.74 Å². The van der Waals surface area contributed by atoms with E-state index in [9.17, 15) is 4.79 Å². The van der Waals surface area contributed by atoms with Crippen molar-refractivity contribution in [2.75, 3.05) is 20.2 Å². The molecule has 2 rings (SSSR count). The third kappa shape index (κ3) is 2.80. The highest BCUT2D eigenvalue weighted by atomic mass is 35.5. The van der Waals surface area contributed by atoms with Gasteiger partial charge in [-0.3, -0.25) is 9.69 Å². The fraction of sp³-hybridized carbons (Fsp3) is 0.429. The van der Waals surface area contributed by atoms with Crippen LogP contribution in [0.2, 0.25) is 5.15 Å². The molecule has 0 aromatic carbocycles. The largest absolute Gasteiger partial charge is 0.468 e. The number of hydrogen-bond donors (Lipinski definition) is 0. The summed E-state index contributed by atoms with van der Waals surface area (Å²) in [6.07, 6.45) is 1.83. The van der Waals surface area contributed by atoms with Crippen LogP contribution in [0.5, 0.6) is 0 Å². The van der Waals surface area contributed by atoms with Gasteiger partial charge in [0, 0.05) is 19.6 Å². The predicted octanol–water partition coefficient (Wildman–Crippen LogP) is 2.30. The molecule has 0 radical (unpaired) electrons. The summed E-state index contributed by atoms with van der Waals surface area (Å²) in [4.78, 5) is 18.4. The minimum atomic E-state index is -0.383. The molecule has 102 valence electrons. The summed E-state index contributed by atoms with van der Waals surface area (Å²) < 4.78 is 4.87. The van der Waals surface area contributed by atoms with Gasteiger partial charge in [0.2, 0.25) is 0 Å². The molecule has 2 heterocycles. The highest BCUT2D eigenvalue weighted by molar-refractivity contribution is 6.30. The van der Waals surface area contributed by atoms with Gasteiger partial charge in [-0.2, -0.15) is 0 Å². The summed E-state index contributed by atoms with van der Waals surface area (Å²) in [5.74, 6) is -0.658. The monoisotopic (exact) mass is 280 g/mol. The lowest BCUT2D eigenvalue weighted by Crippen LogP contribution is -2.38. The van der Waals surface area contributed by atoms with Crippen LogP contribution in [-0.2, 0) is 16.1 Å². The Labute approximate surface area is 118 Å². The Hall–Kier alpha value is -1.39. The summed E-state index contributed by atoms with van der Waals surface area (Å²) in [5.41, 5.74) is 2.69. The highest BCUT2D eigenvalue weighted by Gasteiger charge is 2.32. The maximum Gasteiger partial charge on any atom is 0.316 e. The Bertz CT molecular complexity index is 516. The molecule has 0 bridgehead atoms. The van der Waals surface area contributed by atoms with Gasteiger partial charge in [-0.15, -0.1) is 6.58 Å². The van der Waals surface area contributed by atoms with Crippen LogP contribution in [0.1, 0.15) is 22.7 Å². The molecule has 0 saturated heterocycles. The summed E-state index contributed by atoms with van der Waals surface area (Å²) in [5, 5.41) is 0.449. The van der Waals surface area contributed by atoms with Crippen LogP contribution < -0.4 is 0 Å². The Kier molecular flexibility index (Phi) is 4.22.